The number of nitrogens with one attached hydrogen (secondary N) is 2. The van der Waals surface area contributed by atoms with Crippen LogP contribution < -0.4 is 14.9 Å². The van der Waals surface area contributed by atoms with Crippen LogP contribution in [0, 0.1) is 34.1 Å². The summed E-state index contributed by atoms with van der Waals surface area (Å²) in [6.07, 6.45) is 3.44. The smallest absolute Gasteiger partial charge is 0.280 e. The molecule has 1 aliphatic rings. The second-order valence-electron chi connectivity index (χ2n) is 8.65. The number of benzene rings is 2. The Morgan fingerprint density at radius 2 is 1.43 bits per heavy atom. The Bertz CT molecular complexity index is 1420. The van der Waals surface area contributed by atoms with E-state index in [1.54, 1.807) is 12.1 Å². The topological polar surface area (TPSA) is 174 Å². The molecule has 37 heavy (non-hydrogen) atoms. The maximum absolute atomic E-state index is 12.9. The summed E-state index contributed by atoms with van der Waals surface area (Å²) >= 11 is 0. The third kappa shape index (κ3) is 5.91. The van der Waals surface area contributed by atoms with Gasteiger partial charge >= 0.3 is 0 Å². The summed E-state index contributed by atoms with van der Waals surface area (Å²) in [5.74, 6) is 1.26. The van der Waals surface area contributed by atoms with Crippen LogP contribution in [0.5, 0.6) is 0 Å². The van der Waals surface area contributed by atoms with E-state index in [1.807, 2.05) is 13.0 Å². The van der Waals surface area contributed by atoms with Gasteiger partial charge in [0.05, 0.1) is 9.85 Å². The van der Waals surface area contributed by atoms with Gasteiger partial charge < -0.3 is 10.2 Å². The number of piperidine rings is 1. The van der Waals surface area contributed by atoms with Crippen LogP contribution in [-0.4, -0.2) is 41.3 Å². The number of aryl methyl sites for hydroxylation is 1. The van der Waals surface area contributed by atoms with Gasteiger partial charge in [0, 0.05) is 48.4 Å². The average molecular weight is 528 g/mol. The molecule has 0 saturated carbocycles. The molecule has 0 spiro atoms. The van der Waals surface area contributed by atoms with Gasteiger partial charge in [0.15, 0.2) is 0 Å². The Kier molecular flexibility index (Phi) is 7.20. The van der Waals surface area contributed by atoms with E-state index in [4.69, 9.17) is 0 Å². The Hall–Kier alpha value is -4.33. The first-order valence-electron chi connectivity index (χ1n) is 11.5. The van der Waals surface area contributed by atoms with E-state index >= 15 is 0 Å². The van der Waals surface area contributed by atoms with E-state index in [2.05, 4.69) is 24.9 Å². The quantitative estimate of drug-likeness (QED) is 0.315. The molecular formula is C23H25N7O6S. The van der Waals surface area contributed by atoms with Crippen molar-refractivity contribution in [2.24, 2.45) is 0 Å². The summed E-state index contributed by atoms with van der Waals surface area (Å²) in [6.45, 7) is 4.97. The van der Waals surface area contributed by atoms with Crippen LogP contribution in [0.25, 0.3) is 0 Å². The third-order valence-corrected chi connectivity index (χ3v) is 7.30. The summed E-state index contributed by atoms with van der Waals surface area (Å²) < 4.78 is 28.0. The van der Waals surface area contributed by atoms with Crippen molar-refractivity contribution in [2.45, 2.75) is 38.0 Å². The first kappa shape index (κ1) is 25.8. The summed E-state index contributed by atoms with van der Waals surface area (Å²) in [5, 5.41) is 25.7. The van der Waals surface area contributed by atoms with Crippen LogP contribution in [0.4, 0.5) is 34.5 Å². The summed E-state index contributed by atoms with van der Waals surface area (Å²) in [5.41, 5.74) is 0.0395. The molecule has 1 aromatic heterocycles. The van der Waals surface area contributed by atoms with E-state index in [9.17, 15) is 28.6 Å². The number of rotatable bonds is 8. The predicted octanol–water partition coefficient (Wildman–Crippen LogP) is 4.44. The maximum atomic E-state index is 12.9. The minimum atomic E-state index is -4.35. The fourth-order valence-electron chi connectivity index (χ4n) is 4.05. The van der Waals surface area contributed by atoms with Crippen molar-refractivity contribution in [3.05, 3.63) is 74.0 Å². The van der Waals surface area contributed by atoms with Gasteiger partial charge in [0.25, 0.3) is 21.4 Å². The number of nitrogens with zero attached hydrogens (tertiary/aromatic N) is 5. The molecule has 0 aliphatic carbocycles. The predicted molar refractivity (Wildman–Crippen MR) is 138 cm³/mol. The highest BCUT2D eigenvalue weighted by atomic mass is 32.2. The molecule has 1 fully saturated rings. The van der Waals surface area contributed by atoms with Crippen molar-refractivity contribution in [1.82, 2.24) is 9.97 Å². The first-order valence-corrected chi connectivity index (χ1v) is 13.0. The average Bonchev–Trinajstić information content (AvgIpc) is 2.85. The van der Waals surface area contributed by atoms with Crippen molar-refractivity contribution in [2.75, 3.05) is 28.0 Å². The lowest BCUT2D eigenvalue weighted by Gasteiger charge is -2.28. The van der Waals surface area contributed by atoms with E-state index < -0.39 is 36.1 Å². The lowest BCUT2D eigenvalue weighted by Crippen LogP contribution is -2.30. The molecule has 0 radical (unpaired) electrons. The minimum absolute atomic E-state index is 0.163. The number of anilines is 4. The molecule has 0 amide bonds. The Morgan fingerprint density at radius 1 is 0.865 bits per heavy atom. The summed E-state index contributed by atoms with van der Waals surface area (Å²) in [7, 11) is -4.35. The molecule has 14 heteroatoms. The van der Waals surface area contributed by atoms with E-state index in [0.29, 0.717) is 11.6 Å². The summed E-state index contributed by atoms with van der Waals surface area (Å²) in [6, 6.07) is 9.74. The number of nitro groups is 2. The van der Waals surface area contributed by atoms with Crippen LogP contribution in [0.3, 0.4) is 0 Å². The minimum Gasteiger partial charge on any atom is -0.356 e. The van der Waals surface area contributed by atoms with E-state index in [-0.39, 0.29) is 11.3 Å². The zero-order chi connectivity index (χ0) is 26.7. The third-order valence-electron chi connectivity index (χ3n) is 5.94. The van der Waals surface area contributed by atoms with Gasteiger partial charge in [-0.15, -0.1) is 0 Å². The molecule has 3 aromatic rings. The van der Waals surface area contributed by atoms with Gasteiger partial charge in [-0.3, -0.25) is 25.0 Å². The van der Waals surface area contributed by atoms with Crippen molar-refractivity contribution in [3.8, 4) is 0 Å². The number of sulfonamides is 1. The van der Waals surface area contributed by atoms with Crippen LogP contribution in [-0.2, 0) is 10.0 Å². The molecule has 0 unspecified atom stereocenters. The Balaban J connectivity index is 1.53. The Morgan fingerprint density at radius 3 is 2.00 bits per heavy atom. The summed E-state index contributed by atoms with van der Waals surface area (Å²) in [4.78, 5) is 31.6. The van der Waals surface area contributed by atoms with Gasteiger partial charge in [-0.1, -0.05) is 0 Å². The molecule has 0 bridgehead atoms. The SMILES string of the molecule is Cc1cc(N2CCCCC2)nc(Nc2ccc(NS(=O)(=O)c3cc([N+](=O)[O-])c(C)c([N+](=O)[O-])c3)cc2)n1. The van der Waals surface area contributed by atoms with Gasteiger partial charge in [-0.05, 0) is 57.4 Å². The second-order valence-corrected chi connectivity index (χ2v) is 10.3. The van der Waals surface area contributed by atoms with Crippen molar-refractivity contribution in [3.63, 3.8) is 0 Å². The number of hydrogen-bond donors (Lipinski definition) is 2. The van der Waals surface area contributed by atoms with Gasteiger partial charge in [0.1, 0.15) is 16.3 Å². The zero-order valence-corrected chi connectivity index (χ0v) is 21.0. The lowest BCUT2D eigenvalue weighted by atomic mass is 10.1. The molecule has 1 aliphatic heterocycles. The van der Waals surface area contributed by atoms with Gasteiger partial charge in [0.2, 0.25) is 5.95 Å². The standard InChI is InChI=1S/C23H25N7O6S/c1-15-12-22(28-10-4-3-5-11-28)26-23(24-15)25-17-6-8-18(9-7-17)27-37(35,36)19-13-20(29(31)32)16(2)21(14-19)30(33)34/h6-9,12-14,27H,3-5,10-11H2,1-2H3,(H,24,25,26). The molecule has 194 valence electrons. The van der Waals surface area contributed by atoms with Crippen LogP contribution in [0.1, 0.15) is 30.5 Å². The molecule has 2 N–H and O–H groups in total. The van der Waals surface area contributed by atoms with E-state index in [0.717, 1.165) is 49.6 Å². The second kappa shape index (κ2) is 10.3. The van der Waals surface area contributed by atoms with Gasteiger partial charge in [-0.2, -0.15) is 4.98 Å². The molecule has 13 nitrogen and oxygen atoms in total. The van der Waals surface area contributed by atoms with Crippen LogP contribution in [0.2, 0.25) is 0 Å². The maximum Gasteiger partial charge on any atom is 0.280 e. The van der Waals surface area contributed by atoms with Crippen molar-refractivity contribution in [1.29, 1.82) is 0 Å². The number of nitro benzene ring substituents is 2. The fourth-order valence-corrected chi connectivity index (χ4v) is 5.15. The molecule has 2 aromatic carbocycles. The molecular weight excluding hydrogens is 502 g/mol. The number of aromatic nitrogens is 2. The highest BCUT2D eigenvalue weighted by Gasteiger charge is 2.28. The van der Waals surface area contributed by atoms with Crippen molar-refractivity contribution < 1.29 is 18.3 Å². The highest BCUT2D eigenvalue weighted by Crippen LogP contribution is 2.32. The zero-order valence-electron chi connectivity index (χ0n) is 20.2. The molecule has 4 rings (SSSR count). The van der Waals surface area contributed by atoms with E-state index in [1.165, 1.54) is 25.5 Å². The Labute approximate surface area is 212 Å². The monoisotopic (exact) mass is 527 g/mol. The molecule has 0 atom stereocenters. The largest absolute Gasteiger partial charge is 0.356 e. The molecule has 2 heterocycles. The van der Waals surface area contributed by atoms with Gasteiger partial charge in [-0.25, -0.2) is 13.4 Å². The lowest BCUT2D eigenvalue weighted by molar-refractivity contribution is -0.395. The van der Waals surface area contributed by atoms with Crippen LogP contribution in [0.15, 0.2) is 47.4 Å². The molecule has 1 saturated heterocycles. The fraction of sp³-hybridized carbons (Fsp3) is 0.304. The normalized spacial score (nSPS) is 13.7. The van der Waals surface area contributed by atoms with Crippen LogP contribution >= 0.6 is 0 Å². The first-order chi connectivity index (χ1) is 17.5. The van der Waals surface area contributed by atoms with Crippen molar-refractivity contribution >= 4 is 44.5 Å². The number of hydrogen-bond acceptors (Lipinski definition) is 10. The highest BCUT2D eigenvalue weighted by molar-refractivity contribution is 7.92.